The molecule has 0 aliphatic rings. The van der Waals surface area contributed by atoms with E-state index >= 15 is 0 Å². The van der Waals surface area contributed by atoms with Crippen LogP contribution in [0.3, 0.4) is 0 Å². The largest absolute Gasteiger partial charge is 0.385 e. The van der Waals surface area contributed by atoms with E-state index in [2.05, 4.69) is 55.3 Å². The van der Waals surface area contributed by atoms with E-state index in [1.807, 2.05) is 0 Å². The van der Waals surface area contributed by atoms with Gasteiger partial charge in [0.1, 0.15) is 0 Å². The van der Waals surface area contributed by atoms with E-state index in [1.165, 1.54) is 6.42 Å². The molecular formula is C17H38N4O. The van der Waals surface area contributed by atoms with Gasteiger partial charge in [0, 0.05) is 46.4 Å². The van der Waals surface area contributed by atoms with Crippen molar-refractivity contribution in [3.8, 4) is 0 Å². The number of rotatable bonds is 11. The van der Waals surface area contributed by atoms with Gasteiger partial charge in [0.25, 0.3) is 0 Å². The summed E-state index contributed by atoms with van der Waals surface area (Å²) in [7, 11) is 3.89. The van der Waals surface area contributed by atoms with Gasteiger partial charge in [0.2, 0.25) is 0 Å². The number of nitrogens with one attached hydrogen (secondary N) is 2. The Kier molecular flexibility index (Phi) is 12.2. The van der Waals surface area contributed by atoms with Gasteiger partial charge >= 0.3 is 0 Å². The molecule has 2 N–H and O–H groups in total. The van der Waals surface area contributed by atoms with Crippen LogP contribution in [0.4, 0.5) is 0 Å². The molecule has 0 bridgehead atoms. The molecule has 5 nitrogen and oxygen atoms in total. The second-order valence-corrected chi connectivity index (χ2v) is 7.00. The third-order valence-corrected chi connectivity index (χ3v) is 3.37. The number of ether oxygens (including phenoxy) is 1. The summed E-state index contributed by atoms with van der Waals surface area (Å²) in [6, 6.07) is 0. The predicted molar refractivity (Wildman–Crippen MR) is 96.7 cm³/mol. The van der Waals surface area contributed by atoms with Crippen LogP contribution in [0.2, 0.25) is 0 Å². The highest BCUT2D eigenvalue weighted by atomic mass is 16.5. The van der Waals surface area contributed by atoms with Gasteiger partial charge in [-0.2, -0.15) is 0 Å². The average molecular weight is 315 g/mol. The van der Waals surface area contributed by atoms with Crippen molar-refractivity contribution in [2.45, 2.75) is 47.0 Å². The van der Waals surface area contributed by atoms with E-state index in [0.29, 0.717) is 5.41 Å². The van der Waals surface area contributed by atoms with Crippen molar-refractivity contribution in [2.75, 3.05) is 53.5 Å². The lowest BCUT2D eigenvalue weighted by atomic mass is 9.91. The fourth-order valence-electron chi connectivity index (χ4n) is 2.10. The average Bonchev–Trinajstić information content (AvgIpc) is 2.42. The van der Waals surface area contributed by atoms with E-state index in [9.17, 15) is 0 Å². The van der Waals surface area contributed by atoms with Crippen LogP contribution in [0.15, 0.2) is 4.99 Å². The minimum Gasteiger partial charge on any atom is -0.385 e. The molecule has 0 fully saturated rings. The van der Waals surface area contributed by atoms with Gasteiger partial charge in [0.05, 0.1) is 0 Å². The Morgan fingerprint density at radius 2 is 1.86 bits per heavy atom. The van der Waals surface area contributed by atoms with Crippen molar-refractivity contribution >= 4 is 5.96 Å². The van der Waals surface area contributed by atoms with Gasteiger partial charge in [-0.1, -0.05) is 20.8 Å². The smallest absolute Gasteiger partial charge is 0.191 e. The van der Waals surface area contributed by atoms with E-state index in [1.54, 1.807) is 7.11 Å². The van der Waals surface area contributed by atoms with Crippen molar-refractivity contribution in [3.05, 3.63) is 0 Å². The van der Waals surface area contributed by atoms with E-state index < -0.39 is 0 Å². The summed E-state index contributed by atoms with van der Waals surface area (Å²) < 4.78 is 5.07. The highest BCUT2D eigenvalue weighted by molar-refractivity contribution is 5.79. The maximum absolute atomic E-state index is 5.07. The Balaban J connectivity index is 3.92. The number of methoxy groups -OCH3 is 1. The number of aliphatic imine (C=N–C) groups is 1. The Labute approximate surface area is 137 Å². The molecule has 0 aromatic carbocycles. The summed E-state index contributed by atoms with van der Waals surface area (Å²) >= 11 is 0. The lowest BCUT2D eigenvalue weighted by Crippen LogP contribution is -2.41. The molecule has 0 saturated carbocycles. The predicted octanol–water partition coefficient (Wildman–Crippen LogP) is 2.34. The Morgan fingerprint density at radius 3 is 2.45 bits per heavy atom. The quantitative estimate of drug-likeness (QED) is 0.349. The summed E-state index contributed by atoms with van der Waals surface area (Å²) in [5, 5.41) is 6.71. The summed E-state index contributed by atoms with van der Waals surface area (Å²) in [5.74, 6) is 0.932. The molecule has 132 valence electrons. The molecule has 5 heteroatoms. The van der Waals surface area contributed by atoms with E-state index in [4.69, 9.17) is 4.74 Å². The van der Waals surface area contributed by atoms with Crippen LogP contribution >= 0.6 is 0 Å². The van der Waals surface area contributed by atoms with Crippen molar-refractivity contribution in [2.24, 2.45) is 10.4 Å². The summed E-state index contributed by atoms with van der Waals surface area (Å²) in [4.78, 5) is 6.96. The highest BCUT2D eigenvalue weighted by Gasteiger charge is 2.08. The third kappa shape index (κ3) is 14.1. The molecule has 0 aliphatic carbocycles. The zero-order chi connectivity index (χ0) is 16.8. The van der Waals surface area contributed by atoms with E-state index in [0.717, 1.165) is 58.1 Å². The molecule has 0 spiro atoms. The first kappa shape index (κ1) is 21.2. The molecule has 0 aromatic heterocycles. The van der Waals surface area contributed by atoms with Crippen LogP contribution in [0.25, 0.3) is 0 Å². The van der Waals surface area contributed by atoms with Crippen LogP contribution in [0.1, 0.15) is 47.0 Å². The minimum atomic E-state index is 0.395. The van der Waals surface area contributed by atoms with Crippen molar-refractivity contribution in [1.29, 1.82) is 0 Å². The maximum Gasteiger partial charge on any atom is 0.191 e. The molecule has 0 atom stereocenters. The Bertz CT molecular complexity index is 287. The lowest BCUT2D eigenvalue weighted by Gasteiger charge is -2.19. The second kappa shape index (κ2) is 12.7. The normalized spacial score (nSPS) is 12.8. The zero-order valence-corrected chi connectivity index (χ0v) is 15.7. The first-order valence-electron chi connectivity index (χ1n) is 8.58. The maximum atomic E-state index is 5.07. The summed E-state index contributed by atoms with van der Waals surface area (Å²) in [6.07, 6.45) is 3.42. The Hall–Kier alpha value is -0.810. The topological polar surface area (TPSA) is 48.9 Å². The van der Waals surface area contributed by atoms with Gasteiger partial charge in [-0.05, 0) is 38.6 Å². The monoisotopic (exact) mass is 314 g/mol. The molecule has 0 rings (SSSR count). The van der Waals surface area contributed by atoms with Crippen LogP contribution in [0.5, 0.6) is 0 Å². The summed E-state index contributed by atoms with van der Waals surface area (Å²) in [6.45, 7) is 14.5. The number of nitrogens with zero attached hydrogens (tertiary/aromatic N) is 2. The molecule has 0 aromatic rings. The Morgan fingerprint density at radius 1 is 1.14 bits per heavy atom. The molecule has 0 radical (unpaired) electrons. The van der Waals surface area contributed by atoms with Gasteiger partial charge in [-0.15, -0.1) is 0 Å². The van der Waals surface area contributed by atoms with Crippen molar-refractivity contribution in [1.82, 2.24) is 15.5 Å². The molecule has 0 amide bonds. The van der Waals surface area contributed by atoms with Crippen LogP contribution in [0, 0.1) is 5.41 Å². The molecule has 0 heterocycles. The SMILES string of the molecule is CCNC(=NCCCC(C)(C)C)NCCN(C)CCCOC. The minimum absolute atomic E-state index is 0.395. The van der Waals surface area contributed by atoms with Crippen LogP contribution < -0.4 is 10.6 Å². The molecule has 0 saturated heterocycles. The van der Waals surface area contributed by atoms with Crippen LogP contribution in [-0.4, -0.2) is 64.3 Å². The van der Waals surface area contributed by atoms with Gasteiger partial charge < -0.3 is 20.3 Å². The fourth-order valence-corrected chi connectivity index (χ4v) is 2.10. The standard InChI is InChI=1S/C17H38N4O/c1-7-18-16(19-11-8-10-17(2,3)4)20-12-14-21(5)13-9-15-22-6/h7-15H2,1-6H3,(H2,18,19,20). The van der Waals surface area contributed by atoms with E-state index in [-0.39, 0.29) is 0 Å². The fraction of sp³-hybridized carbons (Fsp3) is 0.941. The number of guanidine groups is 1. The number of hydrogen-bond acceptors (Lipinski definition) is 3. The molecule has 0 aliphatic heterocycles. The van der Waals surface area contributed by atoms with Crippen molar-refractivity contribution < 1.29 is 4.74 Å². The zero-order valence-electron chi connectivity index (χ0n) is 15.7. The second-order valence-electron chi connectivity index (χ2n) is 7.00. The molecule has 22 heavy (non-hydrogen) atoms. The first-order valence-corrected chi connectivity index (χ1v) is 8.58. The van der Waals surface area contributed by atoms with Crippen molar-refractivity contribution in [3.63, 3.8) is 0 Å². The lowest BCUT2D eigenvalue weighted by molar-refractivity contribution is 0.180. The first-order chi connectivity index (χ1) is 10.4. The van der Waals surface area contributed by atoms with Gasteiger partial charge in [-0.25, -0.2) is 0 Å². The number of likely N-dealkylation sites (N-methyl/N-ethyl adjacent to an activating group) is 1. The van der Waals surface area contributed by atoms with Gasteiger partial charge in [0.15, 0.2) is 5.96 Å². The van der Waals surface area contributed by atoms with Gasteiger partial charge in [-0.3, -0.25) is 4.99 Å². The third-order valence-electron chi connectivity index (χ3n) is 3.37. The summed E-state index contributed by atoms with van der Waals surface area (Å²) in [5.41, 5.74) is 0.395. The van der Waals surface area contributed by atoms with Crippen LogP contribution in [-0.2, 0) is 4.74 Å². The molecule has 0 unspecified atom stereocenters. The molecular weight excluding hydrogens is 276 g/mol. The number of hydrogen-bond donors (Lipinski definition) is 2. The highest BCUT2D eigenvalue weighted by Crippen LogP contribution is 2.20.